The number of hydrogen-bond donors (Lipinski definition) is 1. The van der Waals surface area contributed by atoms with Gasteiger partial charge in [0.2, 0.25) is 0 Å². The van der Waals surface area contributed by atoms with E-state index in [0.29, 0.717) is 0 Å². The van der Waals surface area contributed by atoms with Gasteiger partial charge in [0.25, 0.3) is 0 Å². The van der Waals surface area contributed by atoms with Crippen LogP contribution >= 0.6 is 23.5 Å². The smallest absolute Gasteiger partial charge is 0.343 e. The second kappa shape index (κ2) is 7.17. The Balaban J connectivity index is 2.10. The van der Waals surface area contributed by atoms with Crippen LogP contribution in [0, 0.1) is 5.82 Å². The van der Waals surface area contributed by atoms with E-state index in [2.05, 4.69) is 0 Å². The highest BCUT2D eigenvalue weighted by Crippen LogP contribution is 2.30. The van der Waals surface area contributed by atoms with Gasteiger partial charge in [-0.15, -0.1) is 0 Å². The third-order valence-corrected chi connectivity index (χ3v) is 4.36. The third-order valence-electron chi connectivity index (χ3n) is 2.30. The molecule has 0 aliphatic rings. The van der Waals surface area contributed by atoms with E-state index in [-0.39, 0.29) is 10.7 Å². The lowest BCUT2D eigenvalue weighted by Crippen LogP contribution is -1.95. The Labute approximate surface area is 124 Å². The maximum Gasteiger partial charge on any atom is 0.343 e. The van der Waals surface area contributed by atoms with Crippen molar-refractivity contribution in [3.05, 3.63) is 70.7 Å². The molecule has 0 radical (unpaired) electrons. The van der Waals surface area contributed by atoms with E-state index in [1.54, 1.807) is 17.5 Å². The van der Waals surface area contributed by atoms with Crippen LogP contribution < -0.4 is 0 Å². The average Bonchev–Trinajstić information content (AvgIpc) is 2.46. The first kappa shape index (κ1) is 14.7. The predicted octanol–water partition coefficient (Wildman–Crippen LogP) is 4.64. The highest BCUT2D eigenvalue weighted by atomic mass is 32.2. The summed E-state index contributed by atoms with van der Waals surface area (Å²) >= 11 is 2.44. The summed E-state index contributed by atoms with van der Waals surface area (Å²) in [5, 5.41) is 10.8. The van der Waals surface area contributed by atoms with E-state index in [1.165, 1.54) is 35.7 Å². The normalized spacial score (nSPS) is 11.3. The predicted molar refractivity (Wildman–Crippen MR) is 80.3 cm³/mol. The molecule has 0 bridgehead atoms. The lowest BCUT2D eigenvalue weighted by atomic mass is 10.4. The largest absolute Gasteiger partial charge is 0.477 e. The van der Waals surface area contributed by atoms with Crippen LogP contribution in [-0.2, 0) is 4.79 Å². The van der Waals surface area contributed by atoms with E-state index in [9.17, 15) is 14.3 Å². The van der Waals surface area contributed by atoms with E-state index in [4.69, 9.17) is 0 Å². The number of halogens is 1. The van der Waals surface area contributed by atoms with Gasteiger partial charge in [0.05, 0.1) is 0 Å². The van der Waals surface area contributed by atoms with Crippen molar-refractivity contribution in [1.82, 2.24) is 0 Å². The summed E-state index contributed by atoms with van der Waals surface area (Å²) in [6.45, 7) is 0. The maximum atomic E-state index is 12.8. The Morgan fingerprint density at radius 3 is 2.25 bits per heavy atom. The van der Waals surface area contributed by atoms with Crippen molar-refractivity contribution < 1.29 is 14.3 Å². The van der Waals surface area contributed by atoms with Crippen molar-refractivity contribution in [2.45, 2.75) is 9.79 Å². The summed E-state index contributed by atoms with van der Waals surface area (Å²) < 4.78 is 12.8. The van der Waals surface area contributed by atoms with Crippen molar-refractivity contribution >= 4 is 29.5 Å². The van der Waals surface area contributed by atoms with Crippen LogP contribution in [-0.4, -0.2) is 11.1 Å². The molecule has 0 saturated carbocycles. The second-order valence-electron chi connectivity index (χ2n) is 3.77. The van der Waals surface area contributed by atoms with Gasteiger partial charge in [-0.2, -0.15) is 0 Å². The number of thioether (sulfide) groups is 2. The highest BCUT2D eigenvalue weighted by molar-refractivity contribution is 8.06. The minimum Gasteiger partial charge on any atom is -0.477 e. The lowest BCUT2D eigenvalue weighted by molar-refractivity contribution is -0.131. The zero-order chi connectivity index (χ0) is 14.4. The monoisotopic (exact) mass is 306 g/mol. The summed E-state index contributed by atoms with van der Waals surface area (Å²) in [7, 11) is 0. The summed E-state index contributed by atoms with van der Waals surface area (Å²) in [6, 6.07) is 15.2. The van der Waals surface area contributed by atoms with Gasteiger partial charge < -0.3 is 5.11 Å². The summed E-state index contributed by atoms with van der Waals surface area (Å²) in [6.07, 6.45) is 0. The van der Waals surface area contributed by atoms with Gasteiger partial charge in [-0.25, -0.2) is 9.18 Å². The Morgan fingerprint density at radius 1 is 1.00 bits per heavy atom. The van der Waals surface area contributed by atoms with Crippen LogP contribution in [0.1, 0.15) is 0 Å². The number of carbonyl (C=O) groups is 1. The molecule has 0 fully saturated rings. The van der Waals surface area contributed by atoms with Crippen LogP contribution in [0.4, 0.5) is 4.39 Å². The molecule has 0 aromatic heterocycles. The Hall–Kier alpha value is -1.72. The number of hydrogen-bond acceptors (Lipinski definition) is 3. The zero-order valence-corrected chi connectivity index (χ0v) is 12.0. The standard InChI is InChI=1S/C15H11FO2S2/c16-11-6-8-12(9-7-11)19-10-14(15(17)18)20-13-4-2-1-3-5-13/h1-10H,(H,17,18)/b14-10-. The molecule has 2 nitrogen and oxygen atoms in total. The van der Waals surface area contributed by atoms with Crippen molar-refractivity contribution in [3.63, 3.8) is 0 Å². The van der Waals surface area contributed by atoms with Crippen LogP contribution in [0.2, 0.25) is 0 Å². The van der Waals surface area contributed by atoms with Crippen molar-refractivity contribution in [2.24, 2.45) is 0 Å². The minimum absolute atomic E-state index is 0.227. The van der Waals surface area contributed by atoms with E-state index < -0.39 is 5.97 Å². The molecule has 0 unspecified atom stereocenters. The van der Waals surface area contributed by atoms with Gasteiger partial charge in [0.1, 0.15) is 10.7 Å². The summed E-state index contributed by atoms with van der Waals surface area (Å²) in [5.74, 6) is -1.29. The van der Waals surface area contributed by atoms with Gasteiger partial charge >= 0.3 is 5.97 Å². The van der Waals surface area contributed by atoms with E-state index in [0.717, 1.165) is 9.79 Å². The number of carboxylic acids is 1. The molecule has 0 heterocycles. The molecule has 5 heteroatoms. The van der Waals surface area contributed by atoms with Crippen molar-refractivity contribution in [2.75, 3.05) is 0 Å². The molecule has 0 amide bonds. The Bertz CT molecular complexity index is 610. The molecule has 2 aromatic carbocycles. The molecule has 0 saturated heterocycles. The van der Waals surface area contributed by atoms with Gasteiger partial charge in [-0.05, 0) is 41.8 Å². The van der Waals surface area contributed by atoms with Crippen LogP contribution in [0.25, 0.3) is 0 Å². The number of rotatable bonds is 5. The lowest BCUT2D eigenvalue weighted by Gasteiger charge is -2.02. The molecular formula is C15H11FO2S2. The van der Waals surface area contributed by atoms with Gasteiger partial charge in [0, 0.05) is 9.79 Å². The van der Waals surface area contributed by atoms with E-state index >= 15 is 0 Å². The molecule has 20 heavy (non-hydrogen) atoms. The fourth-order valence-electron chi connectivity index (χ4n) is 1.37. The Morgan fingerprint density at radius 2 is 1.65 bits per heavy atom. The van der Waals surface area contributed by atoms with Crippen molar-refractivity contribution in [3.8, 4) is 0 Å². The molecule has 2 rings (SSSR count). The van der Waals surface area contributed by atoms with Crippen molar-refractivity contribution in [1.29, 1.82) is 0 Å². The van der Waals surface area contributed by atoms with Crippen LogP contribution in [0.5, 0.6) is 0 Å². The second-order valence-corrected chi connectivity index (χ2v) is 5.83. The molecule has 1 N–H and O–H groups in total. The highest BCUT2D eigenvalue weighted by Gasteiger charge is 2.09. The molecule has 0 aliphatic carbocycles. The molecule has 0 spiro atoms. The van der Waals surface area contributed by atoms with E-state index in [1.807, 2.05) is 30.3 Å². The summed E-state index contributed by atoms with van der Waals surface area (Å²) in [4.78, 5) is 13.1. The SMILES string of the molecule is O=C(O)/C(=C/Sc1ccc(F)cc1)Sc1ccccc1. The van der Waals surface area contributed by atoms with Crippen LogP contribution in [0.15, 0.2) is 74.7 Å². The third kappa shape index (κ3) is 4.43. The number of aliphatic carboxylic acids is 1. The zero-order valence-electron chi connectivity index (χ0n) is 10.3. The molecule has 0 atom stereocenters. The maximum absolute atomic E-state index is 12.8. The minimum atomic E-state index is -0.978. The average molecular weight is 306 g/mol. The molecule has 0 aliphatic heterocycles. The molecular weight excluding hydrogens is 295 g/mol. The molecule has 2 aromatic rings. The van der Waals surface area contributed by atoms with Gasteiger partial charge in [0.15, 0.2) is 0 Å². The Kier molecular flexibility index (Phi) is 5.26. The first-order chi connectivity index (χ1) is 9.65. The quantitative estimate of drug-likeness (QED) is 0.645. The fourth-order valence-corrected chi connectivity index (χ4v) is 2.98. The molecule has 102 valence electrons. The van der Waals surface area contributed by atoms with Gasteiger partial charge in [-0.3, -0.25) is 0 Å². The number of benzene rings is 2. The van der Waals surface area contributed by atoms with Gasteiger partial charge in [-0.1, -0.05) is 41.7 Å². The first-order valence-corrected chi connectivity index (χ1v) is 7.43. The topological polar surface area (TPSA) is 37.3 Å². The summed E-state index contributed by atoms with van der Waals surface area (Å²) in [5.41, 5.74) is 0. The van der Waals surface area contributed by atoms with Crippen LogP contribution in [0.3, 0.4) is 0 Å². The first-order valence-electron chi connectivity index (χ1n) is 5.74. The number of carboxylic acid groups (broad SMARTS) is 1. The fraction of sp³-hybridized carbons (Fsp3) is 0.